The van der Waals surface area contributed by atoms with Crippen LogP contribution in [0.25, 0.3) is 0 Å². The van der Waals surface area contributed by atoms with Gasteiger partial charge in [-0.3, -0.25) is 4.79 Å². The second-order valence-electron chi connectivity index (χ2n) is 6.34. The fraction of sp³-hybridized carbons (Fsp3) is 0.381. The predicted octanol–water partition coefficient (Wildman–Crippen LogP) is 4.00. The fourth-order valence-corrected chi connectivity index (χ4v) is 3.36. The molecule has 0 N–H and O–H groups in total. The van der Waals surface area contributed by atoms with Gasteiger partial charge in [0.1, 0.15) is 0 Å². The first-order chi connectivity index (χ1) is 12.2. The van der Waals surface area contributed by atoms with E-state index < -0.39 is 0 Å². The van der Waals surface area contributed by atoms with Gasteiger partial charge in [-0.25, -0.2) is 0 Å². The minimum absolute atomic E-state index is 0.235. The van der Waals surface area contributed by atoms with E-state index in [1.165, 1.54) is 11.1 Å². The maximum absolute atomic E-state index is 12.3. The Labute approximate surface area is 149 Å². The van der Waals surface area contributed by atoms with Crippen molar-refractivity contribution in [1.82, 2.24) is 4.90 Å². The second kappa shape index (κ2) is 8.06. The second-order valence-corrected chi connectivity index (χ2v) is 6.34. The highest BCUT2D eigenvalue weighted by Crippen LogP contribution is 2.35. The number of benzene rings is 2. The van der Waals surface area contributed by atoms with Crippen molar-refractivity contribution in [3.05, 3.63) is 59.7 Å². The summed E-state index contributed by atoms with van der Waals surface area (Å²) >= 11 is 0. The number of hydrogen-bond donors (Lipinski definition) is 0. The minimum Gasteiger partial charge on any atom is -0.493 e. The van der Waals surface area contributed by atoms with Crippen LogP contribution in [0.2, 0.25) is 0 Å². The molecule has 1 unspecified atom stereocenters. The van der Waals surface area contributed by atoms with Crippen molar-refractivity contribution >= 4 is 5.91 Å². The van der Waals surface area contributed by atoms with Gasteiger partial charge < -0.3 is 14.4 Å². The Morgan fingerprint density at radius 1 is 1.12 bits per heavy atom. The van der Waals surface area contributed by atoms with E-state index in [4.69, 9.17) is 9.47 Å². The fourth-order valence-electron chi connectivity index (χ4n) is 3.36. The van der Waals surface area contributed by atoms with Crippen molar-refractivity contribution in [2.75, 3.05) is 20.3 Å². The Hall–Kier alpha value is -2.49. The van der Waals surface area contributed by atoms with E-state index in [0.29, 0.717) is 25.5 Å². The van der Waals surface area contributed by atoms with Crippen LogP contribution in [0, 0.1) is 0 Å². The number of amides is 1. The van der Waals surface area contributed by atoms with Crippen molar-refractivity contribution in [3.8, 4) is 11.5 Å². The molecular formula is C21H25NO3. The summed E-state index contributed by atoms with van der Waals surface area (Å²) in [6, 6.07) is 16.3. The molecular weight excluding hydrogens is 314 g/mol. The Morgan fingerprint density at radius 2 is 1.92 bits per heavy atom. The summed E-state index contributed by atoms with van der Waals surface area (Å²) in [5, 5.41) is 0. The molecule has 2 aromatic carbocycles. The maximum atomic E-state index is 12.3. The zero-order valence-corrected chi connectivity index (χ0v) is 14.9. The Kier molecular flexibility index (Phi) is 5.59. The van der Waals surface area contributed by atoms with Crippen LogP contribution in [-0.4, -0.2) is 31.1 Å². The smallest absolute Gasteiger partial charge is 0.222 e. The average molecular weight is 339 g/mol. The van der Waals surface area contributed by atoms with Crippen molar-refractivity contribution in [3.63, 3.8) is 0 Å². The van der Waals surface area contributed by atoms with Crippen molar-refractivity contribution < 1.29 is 14.3 Å². The SMILES string of the molecule is CCOc1cc(C2CCC(=O)N(Cc3ccccc3)C2)ccc1OC. The van der Waals surface area contributed by atoms with E-state index >= 15 is 0 Å². The summed E-state index contributed by atoms with van der Waals surface area (Å²) in [5.41, 5.74) is 2.37. The normalized spacial score (nSPS) is 17.4. The summed E-state index contributed by atoms with van der Waals surface area (Å²) in [5.74, 6) is 2.08. The van der Waals surface area contributed by atoms with Gasteiger partial charge in [-0.05, 0) is 36.6 Å². The Balaban J connectivity index is 1.76. The first-order valence-corrected chi connectivity index (χ1v) is 8.83. The van der Waals surface area contributed by atoms with Crippen LogP contribution in [0.4, 0.5) is 0 Å². The van der Waals surface area contributed by atoms with Gasteiger partial charge in [0.15, 0.2) is 11.5 Å². The molecule has 25 heavy (non-hydrogen) atoms. The predicted molar refractivity (Wildman–Crippen MR) is 98.0 cm³/mol. The summed E-state index contributed by atoms with van der Waals surface area (Å²) in [6.45, 7) is 3.98. The number of carbonyl (C=O) groups is 1. The van der Waals surface area contributed by atoms with Crippen LogP contribution in [0.3, 0.4) is 0 Å². The van der Waals surface area contributed by atoms with Gasteiger partial charge in [0.05, 0.1) is 13.7 Å². The van der Waals surface area contributed by atoms with Gasteiger partial charge in [-0.1, -0.05) is 36.4 Å². The van der Waals surface area contributed by atoms with Crippen LogP contribution < -0.4 is 9.47 Å². The highest BCUT2D eigenvalue weighted by Gasteiger charge is 2.27. The molecule has 2 aromatic rings. The molecule has 1 aliphatic rings. The molecule has 3 rings (SSSR count). The molecule has 1 amide bonds. The van der Waals surface area contributed by atoms with Gasteiger partial charge in [-0.2, -0.15) is 0 Å². The van der Waals surface area contributed by atoms with E-state index in [1.54, 1.807) is 7.11 Å². The first kappa shape index (κ1) is 17.3. The number of rotatable bonds is 6. The lowest BCUT2D eigenvalue weighted by atomic mass is 9.90. The van der Waals surface area contributed by atoms with Crippen LogP contribution in [0.15, 0.2) is 48.5 Å². The molecule has 0 spiro atoms. The van der Waals surface area contributed by atoms with Crippen LogP contribution >= 0.6 is 0 Å². The molecule has 1 atom stereocenters. The highest BCUT2D eigenvalue weighted by atomic mass is 16.5. The Morgan fingerprint density at radius 3 is 2.64 bits per heavy atom. The molecule has 0 saturated carbocycles. The topological polar surface area (TPSA) is 38.8 Å². The van der Waals surface area contributed by atoms with Crippen molar-refractivity contribution in [1.29, 1.82) is 0 Å². The first-order valence-electron chi connectivity index (χ1n) is 8.83. The number of hydrogen-bond acceptors (Lipinski definition) is 3. The van der Waals surface area contributed by atoms with E-state index in [0.717, 1.165) is 24.5 Å². The summed E-state index contributed by atoms with van der Waals surface area (Å²) < 4.78 is 11.1. The molecule has 132 valence electrons. The van der Waals surface area contributed by atoms with Crippen molar-refractivity contribution in [2.24, 2.45) is 0 Å². The van der Waals surface area contributed by atoms with E-state index in [9.17, 15) is 4.79 Å². The third-order valence-corrected chi connectivity index (χ3v) is 4.68. The average Bonchev–Trinajstić information content (AvgIpc) is 2.65. The molecule has 1 saturated heterocycles. The highest BCUT2D eigenvalue weighted by molar-refractivity contribution is 5.77. The van der Waals surface area contributed by atoms with Crippen LogP contribution in [-0.2, 0) is 11.3 Å². The van der Waals surface area contributed by atoms with Gasteiger partial charge >= 0.3 is 0 Å². The quantitative estimate of drug-likeness (QED) is 0.798. The van der Waals surface area contributed by atoms with Gasteiger partial charge in [0, 0.05) is 25.4 Å². The zero-order chi connectivity index (χ0) is 17.6. The Bertz CT molecular complexity index is 714. The molecule has 4 heteroatoms. The molecule has 1 heterocycles. The molecule has 1 fully saturated rings. The number of methoxy groups -OCH3 is 1. The molecule has 0 radical (unpaired) electrons. The third-order valence-electron chi connectivity index (χ3n) is 4.68. The largest absolute Gasteiger partial charge is 0.493 e. The number of piperidine rings is 1. The third kappa shape index (κ3) is 4.13. The van der Waals surface area contributed by atoms with Gasteiger partial charge in [-0.15, -0.1) is 0 Å². The van der Waals surface area contributed by atoms with E-state index in [1.807, 2.05) is 36.1 Å². The van der Waals surface area contributed by atoms with Crippen LogP contribution in [0.5, 0.6) is 11.5 Å². The molecule has 0 bridgehead atoms. The number of carbonyl (C=O) groups excluding carboxylic acids is 1. The van der Waals surface area contributed by atoms with Gasteiger partial charge in [0.2, 0.25) is 5.91 Å². The summed E-state index contributed by atoms with van der Waals surface area (Å²) in [7, 11) is 1.65. The van der Waals surface area contributed by atoms with E-state index in [2.05, 4.69) is 24.3 Å². The summed E-state index contributed by atoms with van der Waals surface area (Å²) in [6.07, 6.45) is 1.47. The summed E-state index contributed by atoms with van der Waals surface area (Å²) in [4.78, 5) is 14.3. The molecule has 4 nitrogen and oxygen atoms in total. The zero-order valence-electron chi connectivity index (χ0n) is 14.9. The van der Waals surface area contributed by atoms with Gasteiger partial charge in [0.25, 0.3) is 0 Å². The molecule has 0 aromatic heterocycles. The molecule has 1 aliphatic heterocycles. The monoisotopic (exact) mass is 339 g/mol. The molecule has 0 aliphatic carbocycles. The minimum atomic E-state index is 0.235. The lowest BCUT2D eigenvalue weighted by Crippen LogP contribution is -2.38. The lowest BCUT2D eigenvalue weighted by Gasteiger charge is -2.33. The maximum Gasteiger partial charge on any atom is 0.222 e. The number of likely N-dealkylation sites (tertiary alicyclic amines) is 1. The lowest BCUT2D eigenvalue weighted by molar-refractivity contribution is -0.134. The number of ether oxygens (including phenoxy) is 2. The van der Waals surface area contributed by atoms with Crippen molar-refractivity contribution in [2.45, 2.75) is 32.2 Å². The van der Waals surface area contributed by atoms with E-state index in [-0.39, 0.29) is 5.91 Å². The van der Waals surface area contributed by atoms with Crippen LogP contribution in [0.1, 0.15) is 36.8 Å². The number of nitrogens with zero attached hydrogens (tertiary/aromatic N) is 1. The standard InChI is InChI=1S/C21H25NO3/c1-3-25-20-13-17(9-11-19(20)24-2)18-10-12-21(23)22(15-18)14-16-7-5-4-6-8-16/h4-9,11,13,18H,3,10,12,14-15H2,1-2H3.